The number of halogens is 1. The molecule has 9 heteroatoms. The summed E-state index contributed by atoms with van der Waals surface area (Å²) in [4.78, 5) is 25.9. The number of nitrogens with two attached hydrogens (primary N) is 1. The van der Waals surface area contributed by atoms with Gasteiger partial charge in [-0.1, -0.05) is 55.8 Å². The Bertz CT molecular complexity index is 1590. The topological polar surface area (TPSA) is 128 Å². The smallest absolute Gasteiger partial charge is 0.193 e. The highest BCUT2D eigenvalue weighted by Gasteiger charge is 2.76. The zero-order valence-electron chi connectivity index (χ0n) is 24.9. The Hall–Kier alpha value is -3.37. The van der Waals surface area contributed by atoms with Gasteiger partial charge < -0.3 is 30.2 Å². The molecule has 0 radical (unpaired) electrons. The zero-order valence-corrected chi connectivity index (χ0v) is 24.9. The van der Waals surface area contributed by atoms with Crippen LogP contribution in [-0.4, -0.2) is 46.2 Å². The van der Waals surface area contributed by atoms with Crippen LogP contribution < -0.4 is 10.5 Å². The predicted octanol–water partition coefficient (Wildman–Crippen LogP) is 4.59. The second-order valence-electron chi connectivity index (χ2n) is 13.5. The molecule has 7 rings (SSSR count). The molecule has 0 spiro atoms. The summed E-state index contributed by atoms with van der Waals surface area (Å²) < 4.78 is 34.7. The van der Waals surface area contributed by atoms with Crippen LogP contribution in [0.2, 0.25) is 0 Å². The number of benzene rings is 2. The van der Waals surface area contributed by atoms with Gasteiger partial charge in [-0.25, -0.2) is 4.39 Å². The summed E-state index contributed by atoms with van der Waals surface area (Å²) in [5, 5.41) is 22.0. The van der Waals surface area contributed by atoms with Crippen molar-refractivity contribution in [1.29, 1.82) is 0 Å². The number of aliphatic hydroxyl groups excluding tert-OH is 2. The van der Waals surface area contributed by atoms with Gasteiger partial charge in [0.15, 0.2) is 35.0 Å². The number of hydrogen-bond donors (Lipinski definition) is 3. The lowest BCUT2D eigenvalue weighted by Crippen LogP contribution is -2.63. The first kappa shape index (κ1) is 29.3. The van der Waals surface area contributed by atoms with E-state index < -0.39 is 53.1 Å². The average Bonchev–Trinajstić information content (AvgIpc) is 3.50. The standard InChI is InChI=1S/C35H38FNO7/c1-33-13-12-21(39)14-20(33)10-11-22-24-15-29-35(28(41)17-38,34(24,2)16-26(40)30(22)33)44-32(43-29)23-7-5-9-27(31(23)36)42-18-19-6-3-4-8-25(19)37/h3-9,12-14,22,24,26,29-30,32,38,40H,10-11,15-18,37H2,1-2H3/t22-,24-,26-,29+,30+,32-,33-,34-,35+/m0/s1. The number of para-hydroxylation sites is 1. The molecule has 232 valence electrons. The molecule has 4 aliphatic carbocycles. The van der Waals surface area contributed by atoms with Gasteiger partial charge >= 0.3 is 0 Å². The molecular weight excluding hydrogens is 565 g/mol. The molecule has 0 unspecified atom stereocenters. The van der Waals surface area contributed by atoms with Crippen LogP contribution >= 0.6 is 0 Å². The maximum atomic E-state index is 15.9. The molecule has 1 heterocycles. The molecule has 4 N–H and O–H groups in total. The first-order valence-electron chi connectivity index (χ1n) is 15.4. The maximum Gasteiger partial charge on any atom is 0.193 e. The second kappa shape index (κ2) is 10.3. The monoisotopic (exact) mass is 603 g/mol. The van der Waals surface area contributed by atoms with Gasteiger partial charge in [0, 0.05) is 33.6 Å². The van der Waals surface area contributed by atoms with Crippen LogP contribution in [0.25, 0.3) is 0 Å². The minimum absolute atomic E-state index is 0.00380. The van der Waals surface area contributed by atoms with E-state index in [1.54, 1.807) is 36.4 Å². The molecule has 44 heavy (non-hydrogen) atoms. The third-order valence-electron chi connectivity index (χ3n) is 11.5. The van der Waals surface area contributed by atoms with Gasteiger partial charge in [0.1, 0.15) is 13.2 Å². The van der Waals surface area contributed by atoms with Crippen molar-refractivity contribution in [3.8, 4) is 5.75 Å². The first-order valence-corrected chi connectivity index (χ1v) is 15.4. The Morgan fingerprint density at radius 1 is 1.18 bits per heavy atom. The quantitative estimate of drug-likeness (QED) is 0.409. The summed E-state index contributed by atoms with van der Waals surface area (Å²) in [7, 11) is 0. The Morgan fingerprint density at radius 3 is 2.75 bits per heavy atom. The summed E-state index contributed by atoms with van der Waals surface area (Å²) in [6.07, 6.45) is 4.66. The van der Waals surface area contributed by atoms with Crippen LogP contribution in [0.4, 0.5) is 10.1 Å². The number of aliphatic hydroxyl groups is 2. The van der Waals surface area contributed by atoms with Gasteiger partial charge in [-0.3, -0.25) is 9.59 Å². The number of allylic oxidation sites excluding steroid dienone is 4. The van der Waals surface area contributed by atoms with Gasteiger partial charge in [0.05, 0.1) is 12.2 Å². The van der Waals surface area contributed by atoms with Crippen molar-refractivity contribution in [3.05, 3.63) is 83.2 Å². The molecular formula is C35H38FNO7. The molecule has 1 aliphatic heterocycles. The number of rotatable bonds is 6. The number of carbonyl (C=O) groups is 2. The van der Waals surface area contributed by atoms with Crippen LogP contribution in [-0.2, 0) is 25.7 Å². The average molecular weight is 604 g/mol. The normalized spacial score (nSPS) is 38.8. The van der Waals surface area contributed by atoms with Crippen molar-refractivity contribution in [1.82, 2.24) is 0 Å². The predicted molar refractivity (Wildman–Crippen MR) is 158 cm³/mol. The number of nitrogen functional groups attached to an aromatic ring is 1. The lowest BCUT2D eigenvalue weighted by molar-refractivity contribution is -0.201. The number of ether oxygens (including phenoxy) is 3. The number of hydrogen-bond acceptors (Lipinski definition) is 8. The van der Waals surface area contributed by atoms with E-state index in [0.29, 0.717) is 12.1 Å². The van der Waals surface area contributed by atoms with Crippen molar-refractivity contribution in [2.75, 3.05) is 12.3 Å². The fraction of sp³-hybridized carbons (Fsp3) is 0.486. The minimum Gasteiger partial charge on any atom is -0.486 e. The summed E-state index contributed by atoms with van der Waals surface area (Å²) in [5.74, 6) is -1.41. The highest BCUT2D eigenvalue weighted by Crippen LogP contribution is 2.70. The summed E-state index contributed by atoms with van der Waals surface area (Å²) in [6, 6.07) is 11.9. The van der Waals surface area contributed by atoms with Crippen molar-refractivity contribution in [3.63, 3.8) is 0 Å². The van der Waals surface area contributed by atoms with E-state index in [4.69, 9.17) is 19.9 Å². The van der Waals surface area contributed by atoms with Gasteiger partial charge in [-0.05, 0) is 61.8 Å². The molecule has 0 aromatic heterocycles. The Labute approximate surface area is 255 Å². The highest BCUT2D eigenvalue weighted by atomic mass is 19.1. The van der Waals surface area contributed by atoms with Crippen LogP contribution in [0.1, 0.15) is 56.9 Å². The van der Waals surface area contributed by atoms with Crippen molar-refractivity contribution < 1.29 is 38.4 Å². The van der Waals surface area contributed by atoms with E-state index in [1.807, 2.05) is 25.1 Å². The lowest BCUT2D eigenvalue weighted by Gasteiger charge is -2.59. The molecule has 0 bridgehead atoms. The summed E-state index contributed by atoms with van der Waals surface area (Å²) in [6.45, 7) is 3.33. The molecule has 9 atom stereocenters. The summed E-state index contributed by atoms with van der Waals surface area (Å²) >= 11 is 0. The largest absolute Gasteiger partial charge is 0.486 e. The van der Waals surface area contributed by atoms with Crippen LogP contribution in [0.3, 0.4) is 0 Å². The number of ketones is 2. The number of carbonyl (C=O) groups excluding carboxylic acids is 2. The Kier molecular flexibility index (Phi) is 6.90. The zero-order chi connectivity index (χ0) is 31.0. The minimum atomic E-state index is -1.57. The molecule has 8 nitrogen and oxygen atoms in total. The van der Waals surface area contributed by atoms with Crippen LogP contribution in [0, 0.1) is 34.4 Å². The van der Waals surface area contributed by atoms with Crippen molar-refractivity contribution in [2.24, 2.45) is 28.6 Å². The number of Topliss-reactive ketones (excluding diaryl/α,β-unsaturated/α-hetero) is 1. The van der Waals surface area contributed by atoms with E-state index in [0.717, 1.165) is 24.0 Å². The molecule has 3 saturated carbocycles. The van der Waals surface area contributed by atoms with E-state index in [1.165, 1.54) is 6.07 Å². The maximum absolute atomic E-state index is 15.9. The van der Waals surface area contributed by atoms with Gasteiger partial charge in [0.2, 0.25) is 0 Å². The lowest BCUT2D eigenvalue weighted by atomic mass is 9.46. The molecule has 2 aromatic rings. The summed E-state index contributed by atoms with van der Waals surface area (Å²) in [5.41, 5.74) is 5.48. The fourth-order valence-electron chi connectivity index (χ4n) is 9.47. The van der Waals surface area contributed by atoms with Crippen molar-refractivity contribution in [2.45, 2.75) is 70.2 Å². The molecule has 5 aliphatic rings. The molecule has 0 amide bonds. The molecule has 1 saturated heterocycles. The van der Waals surface area contributed by atoms with Crippen LogP contribution in [0.5, 0.6) is 5.75 Å². The highest BCUT2D eigenvalue weighted by molar-refractivity contribution is 6.01. The number of anilines is 1. The third-order valence-corrected chi connectivity index (χ3v) is 11.5. The third kappa shape index (κ3) is 4.02. The Balaban J connectivity index is 1.20. The van der Waals surface area contributed by atoms with Gasteiger partial charge in [-0.15, -0.1) is 0 Å². The van der Waals surface area contributed by atoms with Gasteiger partial charge in [0.25, 0.3) is 0 Å². The Morgan fingerprint density at radius 2 is 1.98 bits per heavy atom. The fourth-order valence-corrected chi connectivity index (χ4v) is 9.47. The first-order chi connectivity index (χ1) is 21.0. The van der Waals surface area contributed by atoms with E-state index in [-0.39, 0.29) is 47.9 Å². The molecule has 4 fully saturated rings. The van der Waals surface area contributed by atoms with Gasteiger partial charge in [-0.2, -0.15) is 0 Å². The van der Waals surface area contributed by atoms with E-state index in [9.17, 15) is 19.8 Å². The SMILES string of the molecule is C[C@]12C=CC(=O)C=C1CC[C@@H]1[C@@H]2[C@@H](O)C[C@@]2(C)[C@H]1C[C@H]1O[C@H](c3cccc(OCc4ccccc4N)c3F)O[C@]12C(=O)CO. The number of fused-ring (bicyclic) bond motifs is 7. The second-order valence-corrected chi connectivity index (χ2v) is 13.5. The molecule has 2 aromatic carbocycles. The van der Waals surface area contributed by atoms with Crippen LogP contribution in [0.15, 0.2) is 66.3 Å². The van der Waals surface area contributed by atoms with Crippen molar-refractivity contribution >= 4 is 17.3 Å². The van der Waals surface area contributed by atoms with E-state index >= 15 is 4.39 Å². The van der Waals surface area contributed by atoms with E-state index in [2.05, 4.69) is 6.92 Å².